The summed E-state index contributed by atoms with van der Waals surface area (Å²) in [4.78, 5) is 0. The standard InChI is InChI=1S/C12H19N3O/c1-12(2,3)14-8-9-4-6-10(7-5-9)11(13)15-16/h4-7,14,16H,8H2,1-3H3,(H2,13,15). The quantitative estimate of drug-likeness (QED) is 0.315. The molecule has 4 heteroatoms. The van der Waals surface area contributed by atoms with Crippen LogP contribution < -0.4 is 11.1 Å². The highest BCUT2D eigenvalue weighted by atomic mass is 16.4. The van der Waals surface area contributed by atoms with Crippen molar-refractivity contribution >= 4 is 5.84 Å². The van der Waals surface area contributed by atoms with E-state index in [-0.39, 0.29) is 11.4 Å². The molecule has 0 saturated carbocycles. The number of nitrogens with zero attached hydrogens (tertiary/aromatic N) is 1. The highest BCUT2D eigenvalue weighted by molar-refractivity contribution is 5.96. The Morgan fingerprint density at radius 2 is 1.88 bits per heavy atom. The number of rotatable bonds is 3. The van der Waals surface area contributed by atoms with Crippen molar-refractivity contribution in [2.45, 2.75) is 32.9 Å². The summed E-state index contributed by atoms with van der Waals surface area (Å²) in [7, 11) is 0. The second-order valence-electron chi connectivity index (χ2n) is 4.79. The van der Waals surface area contributed by atoms with Crippen molar-refractivity contribution < 1.29 is 5.21 Å². The van der Waals surface area contributed by atoms with Gasteiger partial charge in [0.05, 0.1) is 0 Å². The Kier molecular flexibility index (Phi) is 3.90. The van der Waals surface area contributed by atoms with Gasteiger partial charge >= 0.3 is 0 Å². The zero-order valence-corrected chi connectivity index (χ0v) is 9.99. The van der Waals surface area contributed by atoms with Crippen LogP contribution >= 0.6 is 0 Å². The Morgan fingerprint density at radius 1 is 1.31 bits per heavy atom. The molecule has 0 heterocycles. The molecular formula is C12H19N3O. The van der Waals surface area contributed by atoms with Gasteiger partial charge in [0.25, 0.3) is 0 Å². The first-order valence-electron chi connectivity index (χ1n) is 5.24. The summed E-state index contributed by atoms with van der Waals surface area (Å²) in [6.07, 6.45) is 0. The van der Waals surface area contributed by atoms with Gasteiger partial charge in [-0.05, 0) is 26.3 Å². The third kappa shape index (κ3) is 3.90. The Hall–Kier alpha value is -1.55. The van der Waals surface area contributed by atoms with Crippen LogP contribution in [-0.4, -0.2) is 16.6 Å². The summed E-state index contributed by atoms with van der Waals surface area (Å²) in [6.45, 7) is 7.17. The Balaban J connectivity index is 2.65. The monoisotopic (exact) mass is 221 g/mol. The van der Waals surface area contributed by atoms with E-state index in [4.69, 9.17) is 10.9 Å². The maximum Gasteiger partial charge on any atom is 0.170 e. The van der Waals surface area contributed by atoms with Gasteiger partial charge in [-0.2, -0.15) is 0 Å². The molecule has 0 amide bonds. The van der Waals surface area contributed by atoms with E-state index < -0.39 is 0 Å². The van der Waals surface area contributed by atoms with E-state index in [1.54, 1.807) is 0 Å². The summed E-state index contributed by atoms with van der Waals surface area (Å²) in [5.74, 6) is 0.135. The molecule has 1 aromatic carbocycles. The SMILES string of the molecule is CC(C)(C)NCc1ccc(/C(N)=N/O)cc1. The summed E-state index contributed by atoms with van der Waals surface area (Å²) < 4.78 is 0. The van der Waals surface area contributed by atoms with Crippen LogP contribution in [0, 0.1) is 0 Å². The molecule has 4 N–H and O–H groups in total. The molecule has 0 spiro atoms. The van der Waals surface area contributed by atoms with Crippen LogP contribution in [0.4, 0.5) is 0 Å². The van der Waals surface area contributed by atoms with Crippen LogP contribution in [-0.2, 0) is 6.54 Å². The third-order valence-corrected chi connectivity index (χ3v) is 2.18. The molecule has 0 fully saturated rings. The molecule has 0 aliphatic carbocycles. The predicted molar refractivity (Wildman–Crippen MR) is 65.5 cm³/mol. The number of nitrogens with one attached hydrogen (secondary N) is 1. The number of hydrogen-bond donors (Lipinski definition) is 3. The number of benzene rings is 1. The fraction of sp³-hybridized carbons (Fsp3) is 0.417. The van der Waals surface area contributed by atoms with Crippen LogP contribution in [0.2, 0.25) is 0 Å². The van der Waals surface area contributed by atoms with Crippen molar-refractivity contribution in [1.82, 2.24) is 5.32 Å². The molecule has 88 valence electrons. The number of nitrogens with two attached hydrogens (primary N) is 1. The van der Waals surface area contributed by atoms with Gasteiger partial charge in [0.1, 0.15) is 0 Å². The third-order valence-electron chi connectivity index (χ3n) is 2.18. The molecular weight excluding hydrogens is 202 g/mol. The van der Waals surface area contributed by atoms with E-state index in [9.17, 15) is 0 Å². The van der Waals surface area contributed by atoms with Crippen molar-refractivity contribution in [2.24, 2.45) is 10.9 Å². The minimum absolute atomic E-state index is 0.101. The molecule has 4 nitrogen and oxygen atoms in total. The lowest BCUT2D eigenvalue weighted by atomic mass is 10.1. The maximum atomic E-state index is 8.52. The lowest BCUT2D eigenvalue weighted by molar-refractivity contribution is 0.318. The minimum atomic E-state index is 0.101. The maximum absolute atomic E-state index is 8.52. The number of hydrogen-bond acceptors (Lipinski definition) is 3. The van der Waals surface area contributed by atoms with E-state index in [0.29, 0.717) is 0 Å². The minimum Gasteiger partial charge on any atom is -0.409 e. The van der Waals surface area contributed by atoms with Gasteiger partial charge in [-0.25, -0.2) is 0 Å². The average molecular weight is 221 g/mol. The zero-order valence-electron chi connectivity index (χ0n) is 9.99. The first kappa shape index (κ1) is 12.5. The second kappa shape index (κ2) is 4.99. The largest absolute Gasteiger partial charge is 0.409 e. The Labute approximate surface area is 96.2 Å². The average Bonchev–Trinajstić information content (AvgIpc) is 2.25. The van der Waals surface area contributed by atoms with Crippen molar-refractivity contribution in [3.05, 3.63) is 35.4 Å². The van der Waals surface area contributed by atoms with Gasteiger partial charge in [-0.15, -0.1) is 0 Å². The van der Waals surface area contributed by atoms with E-state index in [2.05, 4.69) is 31.2 Å². The fourth-order valence-electron chi connectivity index (χ4n) is 1.22. The topological polar surface area (TPSA) is 70.6 Å². The lowest BCUT2D eigenvalue weighted by Gasteiger charge is -2.20. The normalized spacial score (nSPS) is 12.8. The van der Waals surface area contributed by atoms with Crippen molar-refractivity contribution in [3.8, 4) is 0 Å². The highest BCUT2D eigenvalue weighted by Crippen LogP contribution is 2.06. The van der Waals surface area contributed by atoms with E-state index in [0.717, 1.165) is 12.1 Å². The van der Waals surface area contributed by atoms with Crippen molar-refractivity contribution in [1.29, 1.82) is 0 Å². The molecule has 16 heavy (non-hydrogen) atoms. The van der Waals surface area contributed by atoms with Crippen LogP contribution in [0.5, 0.6) is 0 Å². The Morgan fingerprint density at radius 3 is 2.31 bits per heavy atom. The van der Waals surface area contributed by atoms with E-state index in [1.165, 1.54) is 5.56 Å². The van der Waals surface area contributed by atoms with E-state index >= 15 is 0 Å². The molecule has 0 atom stereocenters. The van der Waals surface area contributed by atoms with Gasteiger partial charge in [0.15, 0.2) is 5.84 Å². The smallest absolute Gasteiger partial charge is 0.170 e. The predicted octanol–water partition coefficient (Wildman–Crippen LogP) is 1.67. The van der Waals surface area contributed by atoms with Crippen molar-refractivity contribution in [3.63, 3.8) is 0 Å². The molecule has 0 bridgehead atoms. The second-order valence-corrected chi connectivity index (χ2v) is 4.79. The molecule has 0 aliphatic rings. The number of oxime groups is 1. The molecule has 0 unspecified atom stereocenters. The molecule has 1 rings (SSSR count). The fourth-order valence-corrected chi connectivity index (χ4v) is 1.22. The van der Waals surface area contributed by atoms with Gasteiger partial charge in [0.2, 0.25) is 0 Å². The van der Waals surface area contributed by atoms with Gasteiger partial charge in [0, 0.05) is 17.6 Å². The zero-order chi connectivity index (χ0) is 12.2. The van der Waals surface area contributed by atoms with E-state index in [1.807, 2.05) is 24.3 Å². The molecule has 0 radical (unpaired) electrons. The van der Waals surface area contributed by atoms with Gasteiger partial charge in [-0.1, -0.05) is 29.4 Å². The van der Waals surface area contributed by atoms with Crippen molar-refractivity contribution in [2.75, 3.05) is 0 Å². The molecule has 0 aliphatic heterocycles. The molecule has 0 saturated heterocycles. The summed E-state index contributed by atoms with van der Waals surface area (Å²) in [5.41, 5.74) is 7.47. The first-order chi connectivity index (χ1) is 7.42. The van der Waals surface area contributed by atoms with Crippen LogP contribution in [0.1, 0.15) is 31.9 Å². The van der Waals surface area contributed by atoms with Crippen LogP contribution in [0.25, 0.3) is 0 Å². The number of amidine groups is 1. The van der Waals surface area contributed by atoms with Gasteiger partial charge < -0.3 is 16.3 Å². The summed E-state index contributed by atoms with van der Waals surface area (Å²) in [5, 5.41) is 14.9. The first-order valence-corrected chi connectivity index (χ1v) is 5.24. The lowest BCUT2D eigenvalue weighted by Crippen LogP contribution is -2.35. The summed E-state index contributed by atoms with van der Waals surface area (Å²) >= 11 is 0. The molecule has 1 aromatic rings. The van der Waals surface area contributed by atoms with Gasteiger partial charge in [-0.3, -0.25) is 0 Å². The summed E-state index contributed by atoms with van der Waals surface area (Å²) in [6, 6.07) is 7.61. The van der Waals surface area contributed by atoms with Crippen LogP contribution in [0.15, 0.2) is 29.4 Å². The molecule has 0 aromatic heterocycles. The Bertz CT molecular complexity index is 363. The highest BCUT2D eigenvalue weighted by Gasteiger charge is 2.08. The van der Waals surface area contributed by atoms with Crippen LogP contribution in [0.3, 0.4) is 0 Å².